The van der Waals surface area contributed by atoms with E-state index in [1.807, 2.05) is 0 Å². The Balaban J connectivity index is 1.66. The molecule has 1 N–H and O–H groups in total. The van der Waals surface area contributed by atoms with Crippen LogP contribution in [0, 0.1) is 0 Å². The third-order valence-electron chi connectivity index (χ3n) is 3.88. The van der Waals surface area contributed by atoms with E-state index in [-0.39, 0.29) is 29.1 Å². The number of hydrogen-bond acceptors (Lipinski definition) is 6. The van der Waals surface area contributed by atoms with Crippen molar-refractivity contribution in [1.82, 2.24) is 14.9 Å². The lowest BCUT2D eigenvalue weighted by atomic mass is 10.2. The average molecular weight is 310 g/mol. The Morgan fingerprint density at radius 1 is 1.29 bits per heavy atom. The molecule has 114 valence electrons. The van der Waals surface area contributed by atoms with Gasteiger partial charge in [-0.3, -0.25) is 4.79 Å². The molecule has 1 atom stereocenters. The van der Waals surface area contributed by atoms with E-state index < -0.39 is 9.84 Å². The molecule has 1 aromatic heterocycles. The summed E-state index contributed by atoms with van der Waals surface area (Å²) in [5.74, 6) is 0.553. The van der Waals surface area contributed by atoms with Gasteiger partial charge in [0.15, 0.2) is 9.84 Å². The van der Waals surface area contributed by atoms with E-state index >= 15 is 0 Å². The minimum atomic E-state index is -3.01. The van der Waals surface area contributed by atoms with Crippen molar-refractivity contribution in [2.45, 2.75) is 31.3 Å². The fourth-order valence-electron chi connectivity index (χ4n) is 2.38. The predicted octanol–water partition coefficient (Wildman–Crippen LogP) is 0.310. The number of carbonyl (C=O) groups excluding carboxylic acids is 1. The molecular weight excluding hydrogens is 292 g/mol. The molecule has 0 radical (unpaired) electrons. The summed E-state index contributed by atoms with van der Waals surface area (Å²) in [6.07, 6.45) is 5.75. The van der Waals surface area contributed by atoms with Crippen molar-refractivity contribution in [3.63, 3.8) is 0 Å². The summed E-state index contributed by atoms with van der Waals surface area (Å²) in [6, 6.07) is 0.209. The second-order valence-corrected chi connectivity index (χ2v) is 7.91. The largest absolute Gasteiger partial charge is 0.366 e. The van der Waals surface area contributed by atoms with Gasteiger partial charge >= 0.3 is 0 Å². The minimum Gasteiger partial charge on any atom is -0.366 e. The van der Waals surface area contributed by atoms with E-state index in [1.165, 1.54) is 11.1 Å². The number of anilines is 1. The van der Waals surface area contributed by atoms with Crippen molar-refractivity contribution in [3.05, 3.63) is 18.1 Å². The Bertz CT molecular complexity index is 640. The van der Waals surface area contributed by atoms with Gasteiger partial charge in [0.25, 0.3) is 5.91 Å². The normalized spacial score (nSPS) is 23.8. The number of nitrogens with zero attached hydrogens (tertiary/aromatic N) is 3. The lowest BCUT2D eigenvalue weighted by Gasteiger charge is -2.22. The predicted molar refractivity (Wildman–Crippen MR) is 77.8 cm³/mol. The highest BCUT2D eigenvalue weighted by atomic mass is 32.2. The number of nitrogens with one attached hydrogen (secondary N) is 1. The van der Waals surface area contributed by atoms with Crippen LogP contribution in [0.1, 0.15) is 29.8 Å². The van der Waals surface area contributed by atoms with E-state index in [0.29, 0.717) is 18.3 Å². The van der Waals surface area contributed by atoms with Gasteiger partial charge in [-0.2, -0.15) is 0 Å². The smallest absolute Gasteiger partial charge is 0.274 e. The zero-order valence-electron chi connectivity index (χ0n) is 11.8. The highest BCUT2D eigenvalue weighted by Gasteiger charge is 2.33. The number of sulfone groups is 1. The first-order valence-corrected chi connectivity index (χ1v) is 8.83. The van der Waals surface area contributed by atoms with Crippen LogP contribution >= 0.6 is 0 Å². The molecule has 8 heteroatoms. The number of rotatable bonds is 4. The summed E-state index contributed by atoms with van der Waals surface area (Å²) in [6.45, 7) is 0. The topological polar surface area (TPSA) is 92.3 Å². The van der Waals surface area contributed by atoms with E-state index in [9.17, 15) is 13.2 Å². The van der Waals surface area contributed by atoms with Gasteiger partial charge in [0.1, 0.15) is 11.5 Å². The number of aromatic nitrogens is 2. The number of hydrogen-bond donors (Lipinski definition) is 1. The van der Waals surface area contributed by atoms with Crippen LogP contribution in [-0.2, 0) is 9.84 Å². The molecule has 1 aromatic rings. The summed E-state index contributed by atoms with van der Waals surface area (Å²) in [5.41, 5.74) is 0.239. The molecule has 3 rings (SSSR count). The number of amides is 1. The first kappa shape index (κ1) is 14.2. The van der Waals surface area contributed by atoms with Gasteiger partial charge in [-0.25, -0.2) is 18.4 Å². The Morgan fingerprint density at radius 2 is 2.05 bits per heavy atom. The minimum absolute atomic E-state index is 0.0317. The maximum atomic E-state index is 12.3. The fourth-order valence-corrected chi connectivity index (χ4v) is 4.15. The lowest BCUT2D eigenvalue weighted by Crippen LogP contribution is -2.38. The highest BCUT2D eigenvalue weighted by molar-refractivity contribution is 7.91. The molecule has 0 bridgehead atoms. The Labute approximate surface area is 123 Å². The molecule has 1 amide bonds. The van der Waals surface area contributed by atoms with Crippen molar-refractivity contribution >= 4 is 21.6 Å². The molecule has 1 saturated carbocycles. The SMILES string of the molecule is CN(C(=O)c1cnc(NC2CC2)cn1)C1CCS(=O)(=O)C1. The molecule has 1 aliphatic carbocycles. The molecule has 21 heavy (non-hydrogen) atoms. The third kappa shape index (κ3) is 3.31. The summed E-state index contributed by atoms with van der Waals surface area (Å²) >= 11 is 0. The van der Waals surface area contributed by atoms with Gasteiger partial charge in [0.2, 0.25) is 0 Å². The zero-order chi connectivity index (χ0) is 15.0. The Morgan fingerprint density at radius 3 is 2.57 bits per heavy atom. The van der Waals surface area contributed by atoms with E-state index in [4.69, 9.17) is 0 Å². The molecule has 2 fully saturated rings. The van der Waals surface area contributed by atoms with E-state index in [2.05, 4.69) is 15.3 Å². The van der Waals surface area contributed by atoms with Crippen LogP contribution in [0.4, 0.5) is 5.82 Å². The second-order valence-electron chi connectivity index (χ2n) is 5.68. The van der Waals surface area contributed by atoms with Crippen molar-refractivity contribution in [2.75, 3.05) is 23.9 Å². The molecule has 2 aliphatic rings. The molecular formula is C13H18N4O3S. The van der Waals surface area contributed by atoms with Crippen LogP contribution in [0.3, 0.4) is 0 Å². The van der Waals surface area contributed by atoms with Gasteiger partial charge in [-0.05, 0) is 19.3 Å². The molecule has 0 aromatic carbocycles. The number of carbonyl (C=O) groups is 1. The summed E-state index contributed by atoms with van der Waals surface area (Å²) in [7, 11) is -1.39. The molecule has 0 spiro atoms. The average Bonchev–Trinajstić information content (AvgIpc) is 3.19. The van der Waals surface area contributed by atoms with Crippen molar-refractivity contribution < 1.29 is 13.2 Å². The fraction of sp³-hybridized carbons (Fsp3) is 0.615. The maximum Gasteiger partial charge on any atom is 0.274 e. The monoisotopic (exact) mass is 310 g/mol. The van der Waals surface area contributed by atoms with Crippen LogP contribution in [0.25, 0.3) is 0 Å². The van der Waals surface area contributed by atoms with Gasteiger partial charge in [0, 0.05) is 19.1 Å². The summed E-state index contributed by atoms with van der Waals surface area (Å²) in [4.78, 5) is 22.1. The molecule has 1 aliphatic heterocycles. The van der Waals surface area contributed by atoms with Crippen LogP contribution in [0.15, 0.2) is 12.4 Å². The van der Waals surface area contributed by atoms with Gasteiger partial charge in [-0.1, -0.05) is 0 Å². The first-order chi connectivity index (χ1) is 9.94. The summed E-state index contributed by atoms with van der Waals surface area (Å²) in [5, 5.41) is 3.20. The second kappa shape index (κ2) is 5.25. The molecule has 2 heterocycles. The first-order valence-electron chi connectivity index (χ1n) is 7.01. The van der Waals surface area contributed by atoms with Crippen molar-refractivity contribution in [3.8, 4) is 0 Å². The maximum absolute atomic E-state index is 12.3. The van der Waals surface area contributed by atoms with Crippen LogP contribution < -0.4 is 5.32 Å². The zero-order valence-corrected chi connectivity index (χ0v) is 12.6. The van der Waals surface area contributed by atoms with Gasteiger partial charge < -0.3 is 10.2 Å². The Hall–Kier alpha value is -1.70. The van der Waals surface area contributed by atoms with Crippen LogP contribution in [0.5, 0.6) is 0 Å². The van der Waals surface area contributed by atoms with Crippen LogP contribution in [-0.4, -0.2) is 59.8 Å². The molecule has 1 saturated heterocycles. The van der Waals surface area contributed by atoms with Gasteiger partial charge in [0.05, 0.1) is 23.9 Å². The highest BCUT2D eigenvalue weighted by Crippen LogP contribution is 2.23. The third-order valence-corrected chi connectivity index (χ3v) is 5.63. The lowest BCUT2D eigenvalue weighted by molar-refractivity contribution is 0.0741. The van der Waals surface area contributed by atoms with E-state index in [0.717, 1.165) is 12.8 Å². The van der Waals surface area contributed by atoms with Gasteiger partial charge in [-0.15, -0.1) is 0 Å². The standard InChI is InChI=1S/C13H18N4O3S/c1-17(10-4-5-21(19,20)8-10)13(18)11-6-15-12(7-14-11)16-9-2-3-9/h6-7,9-10H,2-5,8H2,1H3,(H,15,16). The van der Waals surface area contributed by atoms with Crippen molar-refractivity contribution in [1.29, 1.82) is 0 Å². The van der Waals surface area contributed by atoms with Crippen molar-refractivity contribution in [2.24, 2.45) is 0 Å². The summed E-state index contributed by atoms with van der Waals surface area (Å²) < 4.78 is 23.0. The quantitative estimate of drug-likeness (QED) is 0.860. The molecule has 1 unspecified atom stereocenters. The van der Waals surface area contributed by atoms with E-state index in [1.54, 1.807) is 13.2 Å². The van der Waals surface area contributed by atoms with Crippen LogP contribution in [0.2, 0.25) is 0 Å². The molecule has 7 nitrogen and oxygen atoms in total. The Kier molecular flexibility index (Phi) is 3.56.